The lowest BCUT2D eigenvalue weighted by Crippen LogP contribution is -2.36. The molecule has 2 aromatic heterocycles. The second-order valence-electron chi connectivity index (χ2n) is 5.72. The Kier molecular flexibility index (Phi) is 5.69. The van der Waals surface area contributed by atoms with Crippen molar-refractivity contribution in [2.45, 2.75) is 25.4 Å². The molecular weight excluding hydrogens is 318 g/mol. The van der Waals surface area contributed by atoms with Crippen LogP contribution in [0.25, 0.3) is 10.7 Å². The van der Waals surface area contributed by atoms with Gasteiger partial charge in [0.2, 0.25) is 0 Å². The van der Waals surface area contributed by atoms with Gasteiger partial charge in [-0.05, 0) is 23.6 Å². The number of benzene rings is 1. The van der Waals surface area contributed by atoms with Gasteiger partial charge in [0.05, 0.1) is 12.3 Å². The van der Waals surface area contributed by atoms with Crippen LogP contribution in [-0.4, -0.2) is 27.7 Å². The Bertz CT molecular complexity index is 746. The summed E-state index contributed by atoms with van der Waals surface area (Å²) < 4.78 is 0. The van der Waals surface area contributed by atoms with E-state index in [4.69, 9.17) is 0 Å². The van der Waals surface area contributed by atoms with E-state index in [2.05, 4.69) is 34.3 Å². The predicted molar refractivity (Wildman–Crippen MR) is 97.9 cm³/mol. The molecule has 2 heterocycles. The predicted octanol–water partition coefficient (Wildman–Crippen LogP) is 3.46. The number of nitrogens with one attached hydrogen (secondary N) is 1. The summed E-state index contributed by atoms with van der Waals surface area (Å²) in [6.07, 6.45) is 3.65. The molecule has 0 aliphatic heterocycles. The van der Waals surface area contributed by atoms with Crippen LogP contribution >= 0.6 is 11.3 Å². The first-order valence-electron chi connectivity index (χ1n) is 8.03. The van der Waals surface area contributed by atoms with Crippen LogP contribution in [0.4, 0.5) is 0 Å². The van der Waals surface area contributed by atoms with Crippen molar-refractivity contribution in [3.05, 3.63) is 71.4 Å². The largest absolute Gasteiger partial charge is 0.395 e. The van der Waals surface area contributed by atoms with E-state index in [0.29, 0.717) is 6.54 Å². The van der Waals surface area contributed by atoms with Crippen molar-refractivity contribution >= 4 is 11.3 Å². The molecule has 124 valence electrons. The van der Waals surface area contributed by atoms with E-state index in [1.807, 2.05) is 42.6 Å². The van der Waals surface area contributed by atoms with Crippen molar-refractivity contribution in [3.8, 4) is 10.7 Å². The normalized spacial score (nSPS) is 13.6. The monoisotopic (exact) mass is 339 g/mol. The number of aliphatic hydroxyl groups excluding tert-OH is 1. The summed E-state index contributed by atoms with van der Waals surface area (Å²) in [5.74, 6) is 0.236. The van der Waals surface area contributed by atoms with Gasteiger partial charge >= 0.3 is 0 Å². The van der Waals surface area contributed by atoms with E-state index < -0.39 is 0 Å². The Morgan fingerprint density at radius 3 is 2.58 bits per heavy atom. The third-order valence-corrected chi connectivity index (χ3v) is 5.12. The molecule has 5 heteroatoms. The molecule has 0 aliphatic carbocycles. The van der Waals surface area contributed by atoms with Crippen LogP contribution in [0.1, 0.15) is 23.3 Å². The van der Waals surface area contributed by atoms with E-state index in [0.717, 1.165) is 15.6 Å². The van der Waals surface area contributed by atoms with E-state index in [-0.39, 0.29) is 18.6 Å². The van der Waals surface area contributed by atoms with Crippen molar-refractivity contribution in [1.29, 1.82) is 0 Å². The fourth-order valence-corrected chi connectivity index (χ4v) is 3.46. The van der Waals surface area contributed by atoms with Gasteiger partial charge in [0.15, 0.2) is 0 Å². The zero-order valence-corrected chi connectivity index (χ0v) is 14.4. The van der Waals surface area contributed by atoms with Gasteiger partial charge < -0.3 is 10.4 Å². The number of hydrogen-bond acceptors (Lipinski definition) is 5. The number of nitrogens with zero attached hydrogens (tertiary/aromatic N) is 2. The van der Waals surface area contributed by atoms with Crippen molar-refractivity contribution in [1.82, 2.24) is 15.3 Å². The smallest absolute Gasteiger partial charge is 0.142 e. The number of thiazole rings is 1. The van der Waals surface area contributed by atoms with Gasteiger partial charge in [0, 0.05) is 29.9 Å². The first-order valence-corrected chi connectivity index (χ1v) is 8.85. The molecule has 2 N–H and O–H groups in total. The first kappa shape index (κ1) is 16.8. The van der Waals surface area contributed by atoms with Crippen molar-refractivity contribution in [2.24, 2.45) is 0 Å². The molecule has 0 radical (unpaired) electrons. The highest BCUT2D eigenvalue weighted by Gasteiger charge is 2.18. The average Bonchev–Trinajstić information content (AvgIpc) is 3.12. The maximum atomic E-state index is 9.73. The average molecular weight is 339 g/mol. The second-order valence-corrected chi connectivity index (χ2v) is 6.83. The number of aromatic nitrogens is 2. The molecule has 0 spiro atoms. The van der Waals surface area contributed by atoms with Gasteiger partial charge in [-0.1, -0.05) is 43.3 Å². The number of rotatable bonds is 7. The highest BCUT2D eigenvalue weighted by atomic mass is 32.1. The Labute approximate surface area is 146 Å². The molecule has 24 heavy (non-hydrogen) atoms. The van der Waals surface area contributed by atoms with E-state index >= 15 is 0 Å². The molecular formula is C19H21N3OS. The molecule has 0 saturated carbocycles. The quantitative estimate of drug-likeness (QED) is 0.692. The number of aliphatic hydroxyl groups is 1. The zero-order chi connectivity index (χ0) is 16.8. The van der Waals surface area contributed by atoms with Crippen LogP contribution in [-0.2, 0) is 6.54 Å². The summed E-state index contributed by atoms with van der Waals surface area (Å²) >= 11 is 1.63. The van der Waals surface area contributed by atoms with Crippen molar-refractivity contribution in [3.63, 3.8) is 0 Å². The van der Waals surface area contributed by atoms with E-state index in [1.165, 1.54) is 5.56 Å². The molecule has 1 aromatic carbocycles. The summed E-state index contributed by atoms with van der Waals surface area (Å²) in [5.41, 5.74) is 2.12. The van der Waals surface area contributed by atoms with Gasteiger partial charge in [-0.3, -0.25) is 4.98 Å². The summed E-state index contributed by atoms with van der Waals surface area (Å²) in [6.45, 7) is 2.92. The molecule has 0 bridgehead atoms. The fourth-order valence-electron chi connectivity index (χ4n) is 2.62. The molecule has 3 aromatic rings. The topological polar surface area (TPSA) is 58.0 Å². The van der Waals surface area contributed by atoms with Crippen molar-refractivity contribution in [2.75, 3.05) is 6.61 Å². The first-order chi connectivity index (χ1) is 11.8. The van der Waals surface area contributed by atoms with Gasteiger partial charge in [-0.25, -0.2) is 4.98 Å². The molecule has 3 rings (SSSR count). The third-order valence-electron chi connectivity index (χ3n) is 4.10. The van der Waals surface area contributed by atoms with Gasteiger partial charge in [0.1, 0.15) is 5.01 Å². The van der Waals surface area contributed by atoms with Crippen LogP contribution in [0.3, 0.4) is 0 Å². The molecule has 0 unspecified atom stereocenters. The lowest BCUT2D eigenvalue weighted by molar-refractivity contribution is 0.226. The minimum absolute atomic E-state index is 0.00722. The molecule has 0 aliphatic rings. The van der Waals surface area contributed by atoms with Gasteiger partial charge in [-0.2, -0.15) is 0 Å². The van der Waals surface area contributed by atoms with Crippen molar-refractivity contribution < 1.29 is 5.11 Å². The Morgan fingerprint density at radius 2 is 1.88 bits per heavy atom. The van der Waals surface area contributed by atoms with Gasteiger partial charge in [0.25, 0.3) is 0 Å². The zero-order valence-electron chi connectivity index (χ0n) is 13.6. The highest BCUT2D eigenvalue weighted by Crippen LogP contribution is 2.24. The van der Waals surface area contributed by atoms with E-state index in [1.54, 1.807) is 17.5 Å². The second kappa shape index (κ2) is 8.15. The molecule has 0 amide bonds. The Hall–Kier alpha value is -2.08. The van der Waals surface area contributed by atoms with Crippen LogP contribution < -0.4 is 5.32 Å². The minimum Gasteiger partial charge on any atom is -0.395 e. The summed E-state index contributed by atoms with van der Waals surface area (Å²) in [5, 5.41) is 14.1. The third kappa shape index (κ3) is 4.06. The van der Waals surface area contributed by atoms with E-state index in [9.17, 15) is 5.11 Å². The van der Waals surface area contributed by atoms with Crippen LogP contribution in [0, 0.1) is 0 Å². The highest BCUT2D eigenvalue weighted by molar-refractivity contribution is 7.14. The lowest BCUT2D eigenvalue weighted by Gasteiger charge is -2.23. The lowest BCUT2D eigenvalue weighted by atomic mass is 9.94. The molecule has 0 saturated heterocycles. The SMILES string of the molecule is C[C@H](c1ccccc1)[C@@H](CO)NCc1cnc(-c2ccccn2)s1. The summed E-state index contributed by atoms with van der Waals surface area (Å²) in [6, 6.07) is 16.1. The number of pyridine rings is 1. The maximum absolute atomic E-state index is 9.73. The fraction of sp³-hybridized carbons (Fsp3) is 0.263. The maximum Gasteiger partial charge on any atom is 0.142 e. The Morgan fingerprint density at radius 1 is 1.08 bits per heavy atom. The van der Waals surface area contributed by atoms with Gasteiger partial charge in [-0.15, -0.1) is 11.3 Å². The molecule has 0 fully saturated rings. The Balaban J connectivity index is 1.63. The standard InChI is InChI=1S/C19H21N3OS/c1-14(15-7-3-2-4-8-15)18(13-23)21-11-16-12-22-19(24-16)17-9-5-6-10-20-17/h2-10,12,14,18,21,23H,11,13H2,1H3/t14-,18-/m1/s1. The van der Waals surface area contributed by atoms with Crippen LogP contribution in [0.5, 0.6) is 0 Å². The molecule has 2 atom stereocenters. The number of hydrogen-bond donors (Lipinski definition) is 2. The molecule has 4 nitrogen and oxygen atoms in total. The van der Waals surface area contributed by atoms with Crippen LogP contribution in [0.15, 0.2) is 60.9 Å². The van der Waals surface area contributed by atoms with Crippen LogP contribution in [0.2, 0.25) is 0 Å². The summed E-state index contributed by atoms with van der Waals surface area (Å²) in [7, 11) is 0. The minimum atomic E-state index is 0.00722. The summed E-state index contributed by atoms with van der Waals surface area (Å²) in [4.78, 5) is 9.91.